The topological polar surface area (TPSA) is 74.6 Å². The predicted octanol–water partition coefficient (Wildman–Crippen LogP) is -0.578. The fraction of sp³-hybridized carbons (Fsp3) is 0.0714. The molecule has 0 saturated carbocycles. The summed E-state index contributed by atoms with van der Waals surface area (Å²) < 4.78 is 5.92. The molecule has 0 bridgehead atoms. The number of carbonyl (C=O) groups is 2. The molecule has 0 saturated heterocycles. The van der Waals surface area contributed by atoms with Gasteiger partial charge in [-0.2, -0.15) is 0 Å². The van der Waals surface area contributed by atoms with Gasteiger partial charge in [-0.05, 0) is 6.92 Å². The molecule has 0 aliphatic heterocycles. The van der Waals surface area contributed by atoms with Crippen LogP contribution in [0.2, 0.25) is 0 Å². The van der Waals surface area contributed by atoms with E-state index in [0.29, 0.717) is 0 Å². The van der Waals surface area contributed by atoms with Gasteiger partial charge in [-0.25, -0.2) is 0 Å². The first-order chi connectivity index (χ1) is 16.5. The van der Waals surface area contributed by atoms with E-state index in [2.05, 4.69) is 121 Å². The number of carboxylic acids is 2. The van der Waals surface area contributed by atoms with Crippen molar-refractivity contribution in [3.05, 3.63) is 136 Å². The minimum absolute atomic E-state index is 0.0287. The summed E-state index contributed by atoms with van der Waals surface area (Å²) in [6.45, 7) is 1.12. The SMILES string of the molecule is CC(C(=O)O)C(=O)O.c1ccc([I-]c2ccccc2)cc1.c1ccc([I-]c2ccccc2)cc1. The zero-order valence-electron chi connectivity index (χ0n) is 18.6. The molecule has 4 rings (SSSR count). The van der Waals surface area contributed by atoms with Crippen LogP contribution in [-0.4, -0.2) is 22.2 Å². The summed E-state index contributed by atoms with van der Waals surface area (Å²) in [6.07, 6.45) is 0. The molecule has 2 N–H and O–H groups in total. The molecule has 0 fully saturated rings. The molecular weight excluding hydrogens is 654 g/mol. The van der Waals surface area contributed by atoms with Crippen LogP contribution in [0.4, 0.5) is 0 Å². The van der Waals surface area contributed by atoms with Gasteiger partial charge >= 0.3 is 190 Å². The number of hydrogen-bond donors (Lipinski definition) is 2. The van der Waals surface area contributed by atoms with Crippen LogP contribution in [0, 0.1) is 20.2 Å². The van der Waals surface area contributed by atoms with E-state index in [9.17, 15) is 9.59 Å². The van der Waals surface area contributed by atoms with Crippen molar-refractivity contribution in [1.82, 2.24) is 0 Å². The van der Waals surface area contributed by atoms with Gasteiger partial charge in [0.05, 0.1) is 0 Å². The number of carboxylic acid groups (broad SMARTS) is 2. The number of rotatable bonds is 6. The normalized spacial score (nSPS) is 9.94. The summed E-state index contributed by atoms with van der Waals surface area (Å²) in [7, 11) is 0. The monoisotopic (exact) mass is 680 g/mol. The average Bonchev–Trinajstić information content (AvgIpc) is 2.87. The van der Waals surface area contributed by atoms with Crippen LogP contribution in [0.25, 0.3) is 0 Å². The molecule has 4 nitrogen and oxygen atoms in total. The fourth-order valence-electron chi connectivity index (χ4n) is 2.27. The van der Waals surface area contributed by atoms with E-state index in [-0.39, 0.29) is 42.4 Å². The first kappa shape index (κ1) is 27.5. The number of hydrogen-bond acceptors (Lipinski definition) is 2. The Kier molecular flexibility index (Phi) is 13.0. The van der Waals surface area contributed by atoms with Crippen molar-refractivity contribution in [2.75, 3.05) is 0 Å². The molecule has 0 aromatic heterocycles. The summed E-state index contributed by atoms with van der Waals surface area (Å²) in [5, 5.41) is 15.9. The van der Waals surface area contributed by atoms with Gasteiger partial charge in [-0.15, -0.1) is 0 Å². The Morgan fingerprint density at radius 2 is 0.706 bits per heavy atom. The van der Waals surface area contributed by atoms with E-state index in [1.54, 1.807) is 0 Å². The van der Waals surface area contributed by atoms with Crippen LogP contribution in [0.15, 0.2) is 121 Å². The molecule has 178 valence electrons. The fourth-order valence-corrected chi connectivity index (χ4v) is 6.81. The van der Waals surface area contributed by atoms with E-state index < -0.39 is 17.9 Å². The quantitative estimate of drug-likeness (QED) is 0.212. The molecule has 0 unspecified atom stereocenters. The summed E-state index contributed by atoms with van der Waals surface area (Å²) in [5.74, 6) is -3.91. The molecule has 0 aliphatic rings. The van der Waals surface area contributed by atoms with Crippen molar-refractivity contribution >= 4 is 11.9 Å². The predicted molar refractivity (Wildman–Crippen MR) is 125 cm³/mol. The van der Waals surface area contributed by atoms with Gasteiger partial charge in [-0.3, -0.25) is 9.59 Å². The Morgan fingerprint density at radius 1 is 0.500 bits per heavy atom. The third-order valence-corrected chi connectivity index (χ3v) is 9.48. The zero-order valence-corrected chi connectivity index (χ0v) is 22.9. The van der Waals surface area contributed by atoms with E-state index in [0.717, 1.165) is 6.92 Å². The molecule has 0 atom stereocenters. The third-order valence-electron chi connectivity index (χ3n) is 4.11. The van der Waals surface area contributed by atoms with E-state index in [1.807, 2.05) is 0 Å². The number of halogens is 2. The summed E-state index contributed by atoms with van der Waals surface area (Å²) in [5.41, 5.74) is 0. The van der Waals surface area contributed by atoms with Gasteiger partial charge in [-0.1, -0.05) is 0 Å². The molecule has 0 amide bonds. The Balaban J connectivity index is 0.000000187. The van der Waals surface area contributed by atoms with Crippen molar-refractivity contribution in [1.29, 1.82) is 0 Å². The standard InChI is InChI=1S/2C12H10I.C4H6O4/c2*1-3-7-11(8-4-1)13-12-9-5-2-6-10-12;1-2(3(5)6)4(7)8/h2*1-10H;2H,1H3,(H,5,6)(H,7,8)/q2*-1;. The van der Waals surface area contributed by atoms with Crippen molar-refractivity contribution in [2.24, 2.45) is 5.92 Å². The van der Waals surface area contributed by atoms with Crippen molar-refractivity contribution in [2.45, 2.75) is 6.92 Å². The average molecular weight is 680 g/mol. The molecular formula is C28H26I2O4-2. The molecule has 0 radical (unpaired) electrons. The molecule has 0 aliphatic carbocycles. The van der Waals surface area contributed by atoms with Crippen LogP contribution >= 0.6 is 0 Å². The van der Waals surface area contributed by atoms with Gasteiger partial charge in [0.2, 0.25) is 0 Å². The van der Waals surface area contributed by atoms with Gasteiger partial charge < -0.3 is 10.2 Å². The second-order valence-electron chi connectivity index (χ2n) is 6.77. The van der Waals surface area contributed by atoms with Crippen LogP contribution in [0.5, 0.6) is 0 Å². The maximum atomic E-state index is 9.76. The van der Waals surface area contributed by atoms with Crippen molar-refractivity contribution in [3.8, 4) is 0 Å². The molecule has 0 spiro atoms. The van der Waals surface area contributed by atoms with Crippen molar-refractivity contribution < 1.29 is 62.2 Å². The van der Waals surface area contributed by atoms with Gasteiger partial charge in [0.15, 0.2) is 5.92 Å². The van der Waals surface area contributed by atoms with Gasteiger partial charge in [0.1, 0.15) is 0 Å². The van der Waals surface area contributed by atoms with Crippen LogP contribution in [0.1, 0.15) is 6.92 Å². The third kappa shape index (κ3) is 11.4. The first-order valence-electron chi connectivity index (χ1n) is 10.4. The van der Waals surface area contributed by atoms with Crippen LogP contribution < -0.4 is 42.4 Å². The Bertz CT molecular complexity index is 940. The molecule has 4 aromatic carbocycles. The van der Waals surface area contributed by atoms with E-state index in [1.165, 1.54) is 14.3 Å². The van der Waals surface area contributed by atoms with Crippen molar-refractivity contribution in [3.63, 3.8) is 0 Å². The molecule has 34 heavy (non-hydrogen) atoms. The molecule has 6 heteroatoms. The molecule has 4 aromatic rings. The second-order valence-corrected chi connectivity index (χ2v) is 12.8. The zero-order chi connectivity index (χ0) is 24.6. The Labute approximate surface area is 221 Å². The molecule has 0 heterocycles. The summed E-state index contributed by atoms with van der Waals surface area (Å²) >= 11 is 0.0574. The maximum absolute atomic E-state index is 9.76. The van der Waals surface area contributed by atoms with E-state index >= 15 is 0 Å². The van der Waals surface area contributed by atoms with Crippen LogP contribution in [-0.2, 0) is 9.59 Å². The van der Waals surface area contributed by atoms with Crippen LogP contribution in [0.3, 0.4) is 0 Å². The first-order valence-corrected chi connectivity index (χ1v) is 14.7. The Morgan fingerprint density at radius 3 is 0.853 bits per heavy atom. The Hall–Kier alpha value is -2.72. The number of benzene rings is 4. The van der Waals surface area contributed by atoms with E-state index in [4.69, 9.17) is 10.2 Å². The van der Waals surface area contributed by atoms with Gasteiger partial charge in [0.25, 0.3) is 0 Å². The summed E-state index contributed by atoms with van der Waals surface area (Å²) in [4.78, 5) is 19.5. The minimum atomic E-state index is -1.31. The second kappa shape index (κ2) is 16.0. The van der Waals surface area contributed by atoms with Gasteiger partial charge in [0, 0.05) is 0 Å². The summed E-state index contributed by atoms with van der Waals surface area (Å²) in [6, 6.07) is 42.8. The number of aliphatic carboxylic acids is 2.